The molecule has 5 heteroatoms. The monoisotopic (exact) mass is 303 g/mol. The molecule has 0 aliphatic carbocycles. The molecule has 0 saturated heterocycles. The highest BCUT2D eigenvalue weighted by Gasteiger charge is 2.18. The molecule has 0 saturated carbocycles. The Bertz CT molecular complexity index is 665. The van der Waals surface area contributed by atoms with E-state index in [0.717, 1.165) is 31.6 Å². The zero-order valence-corrected chi connectivity index (χ0v) is 12.7. The predicted octanol–water partition coefficient (Wildman–Crippen LogP) is 3.01. The molecule has 2 heterocycles. The molecule has 0 amide bonds. The topological polar surface area (TPSA) is 49.8 Å². The molecular formula is C16H17NO3S. The quantitative estimate of drug-likeness (QED) is 0.943. The van der Waals surface area contributed by atoms with E-state index in [1.807, 2.05) is 23.5 Å². The zero-order chi connectivity index (χ0) is 14.8. The molecule has 1 aromatic carbocycles. The number of rotatable bonds is 4. The number of ether oxygens (including phenoxy) is 1. The smallest absolute Gasteiger partial charge is 0.339 e. The second-order valence-electron chi connectivity index (χ2n) is 5.17. The molecule has 0 spiro atoms. The van der Waals surface area contributed by atoms with Crippen molar-refractivity contribution in [3.05, 3.63) is 51.2 Å². The third-order valence-electron chi connectivity index (χ3n) is 3.79. The van der Waals surface area contributed by atoms with Crippen molar-refractivity contribution in [3.63, 3.8) is 0 Å². The number of benzene rings is 1. The molecule has 1 aliphatic rings. The van der Waals surface area contributed by atoms with Gasteiger partial charge >= 0.3 is 5.97 Å². The zero-order valence-electron chi connectivity index (χ0n) is 11.8. The van der Waals surface area contributed by atoms with E-state index in [2.05, 4.69) is 16.3 Å². The number of carbonyl (C=O) groups is 1. The summed E-state index contributed by atoms with van der Waals surface area (Å²) < 4.78 is 5.18. The second kappa shape index (κ2) is 5.87. The Kier molecular flexibility index (Phi) is 3.94. The third-order valence-corrected chi connectivity index (χ3v) is 4.81. The highest BCUT2D eigenvalue weighted by molar-refractivity contribution is 7.10. The van der Waals surface area contributed by atoms with Crippen molar-refractivity contribution >= 4 is 17.3 Å². The molecule has 0 radical (unpaired) electrons. The van der Waals surface area contributed by atoms with Gasteiger partial charge in [-0.1, -0.05) is 6.07 Å². The van der Waals surface area contributed by atoms with Crippen LogP contribution in [0.3, 0.4) is 0 Å². The number of thiophene rings is 1. The second-order valence-corrected chi connectivity index (χ2v) is 6.17. The first-order valence-electron chi connectivity index (χ1n) is 6.85. The molecule has 110 valence electrons. The Morgan fingerprint density at radius 1 is 1.43 bits per heavy atom. The fourth-order valence-corrected chi connectivity index (χ4v) is 3.60. The molecule has 0 unspecified atom stereocenters. The summed E-state index contributed by atoms with van der Waals surface area (Å²) in [5.41, 5.74) is 2.70. The van der Waals surface area contributed by atoms with Crippen molar-refractivity contribution in [2.24, 2.45) is 0 Å². The van der Waals surface area contributed by atoms with Crippen LogP contribution in [-0.2, 0) is 19.5 Å². The molecule has 0 atom stereocenters. The average molecular weight is 303 g/mol. The number of hydrogen-bond donors (Lipinski definition) is 1. The maximum Gasteiger partial charge on any atom is 0.339 e. The molecule has 1 aromatic heterocycles. The van der Waals surface area contributed by atoms with E-state index in [-0.39, 0.29) is 5.56 Å². The maximum atomic E-state index is 11.1. The van der Waals surface area contributed by atoms with Crippen LogP contribution >= 0.6 is 11.3 Å². The van der Waals surface area contributed by atoms with Crippen LogP contribution in [-0.4, -0.2) is 29.6 Å². The highest BCUT2D eigenvalue weighted by atomic mass is 32.1. The lowest BCUT2D eigenvalue weighted by molar-refractivity contribution is 0.0693. The van der Waals surface area contributed by atoms with Gasteiger partial charge in [-0.3, -0.25) is 4.90 Å². The summed E-state index contributed by atoms with van der Waals surface area (Å²) in [5, 5.41) is 11.3. The highest BCUT2D eigenvalue weighted by Crippen LogP contribution is 2.26. The minimum absolute atomic E-state index is 0.208. The van der Waals surface area contributed by atoms with Crippen LogP contribution in [0.1, 0.15) is 26.4 Å². The molecule has 21 heavy (non-hydrogen) atoms. The average Bonchev–Trinajstić information content (AvgIpc) is 2.94. The number of aromatic carboxylic acids is 1. The first-order chi connectivity index (χ1) is 10.2. The molecule has 3 rings (SSSR count). The fourth-order valence-electron chi connectivity index (χ4n) is 2.71. The van der Waals surface area contributed by atoms with Crippen molar-refractivity contribution in [2.45, 2.75) is 19.5 Å². The van der Waals surface area contributed by atoms with E-state index in [4.69, 9.17) is 9.84 Å². The number of methoxy groups -OCH3 is 1. The van der Waals surface area contributed by atoms with Gasteiger partial charge in [0.2, 0.25) is 0 Å². The van der Waals surface area contributed by atoms with Crippen molar-refractivity contribution in [3.8, 4) is 5.75 Å². The summed E-state index contributed by atoms with van der Waals surface area (Å²) in [5.74, 6) is -0.535. The largest absolute Gasteiger partial charge is 0.496 e. The van der Waals surface area contributed by atoms with Crippen LogP contribution in [0.25, 0.3) is 0 Å². The molecular weight excluding hydrogens is 286 g/mol. The fraction of sp³-hybridized carbons (Fsp3) is 0.312. The van der Waals surface area contributed by atoms with Crippen LogP contribution in [0, 0.1) is 0 Å². The predicted molar refractivity (Wildman–Crippen MR) is 82.1 cm³/mol. The summed E-state index contributed by atoms with van der Waals surface area (Å²) in [4.78, 5) is 15.0. The van der Waals surface area contributed by atoms with E-state index in [9.17, 15) is 4.79 Å². The summed E-state index contributed by atoms with van der Waals surface area (Å²) in [7, 11) is 1.50. The normalized spacial score (nSPS) is 14.7. The van der Waals surface area contributed by atoms with Gasteiger partial charge in [-0.15, -0.1) is 11.3 Å². The number of hydrogen-bond acceptors (Lipinski definition) is 4. The van der Waals surface area contributed by atoms with Crippen molar-refractivity contribution in [2.75, 3.05) is 13.7 Å². The van der Waals surface area contributed by atoms with Crippen LogP contribution in [0.15, 0.2) is 29.6 Å². The number of nitrogens with zero attached hydrogens (tertiary/aromatic N) is 1. The van der Waals surface area contributed by atoms with Gasteiger partial charge < -0.3 is 9.84 Å². The van der Waals surface area contributed by atoms with Gasteiger partial charge in [0.25, 0.3) is 0 Å². The Morgan fingerprint density at radius 3 is 3.05 bits per heavy atom. The molecule has 4 nitrogen and oxygen atoms in total. The lowest BCUT2D eigenvalue weighted by Gasteiger charge is -2.27. The Morgan fingerprint density at radius 2 is 2.29 bits per heavy atom. The van der Waals surface area contributed by atoms with Crippen LogP contribution in [0.2, 0.25) is 0 Å². The molecule has 1 aliphatic heterocycles. The minimum atomic E-state index is -0.959. The SMILES string of the molecule is COc1cc(CN2CCc3sccc3C2)ccc1C(=O)O. The Labute approximate surface area is 127 Å². The van der Waals surface area contributed by atoms with Gasteiger partial charge in [0.1, 0.15) is 11.3 Å². The van der Waals surface area contributed by atoms with Gasteiger partial charge in [-0.2, -0.15) is 0 Å². The Hall–Kier alpha value is -1.85. The molecule has 0 fully saturated rings. The molecule has 0 bridgehead atoms. The first kappa shape index (κ1) is 14.1. The van der Waals surface area contributed by atoms with Crippen molar-refractivity contribution in [1.29, 1.82) is 0 Å². The van der Waals surface area contributed by atoms with Gasteiger partial charge in [0.15, 0.2) is 0 Å². The van der Waals surface area contributed by atoms with Crippen molar-refractivity contribution in [1.82, 2.24) is 4.90 Å². The summed E-state index contributed by atoms with van der Waals surface area (Å²) >= 11 is 1.83. The summed E-state index contributed by atoms with van der Waals surface area (Å²) in [6, 6.07) is 7.51. The number of fused-ring (bicyclic) bond motifs is 1. The van der Waals surface area contributed by atoms with Crippen molar-refractivity contribution < 1.29 is 14.6 Å². The van der Waals surface area contributed by atoms with E-state index in [1.54, 1.807) is 6.07 Å². The van der Waals surface area contributed by atoms with E-state index in [1.165, 1.54) is 17.6 Å². The lowest BCUT2D eigenvalue weighted by atomic mass is 10.1. The first-order valence-corrected chi connectivity index (χ1v) is 7.73. The lowest BCUT2D eigenvalue weighted by Crippen LogP contribution is -2.29. The van der Waals surface area contributed by atoms with E-state index in [0.29, 0.717) is 5.75 Å². The van der Waals surface area contributed by atoms with Crippen LogP contribution in [0.5, 0.6) is 5.75 Å². The van der Waals surface area contributed by atoms with Gasteiger partial charge in [0, 0.05) is 24.5 Å². The van der Waals surface area contributed by atoms with Gasteiger partial charge in [0.05, 0.1) is 7.11 Å². The number of carboxylic acids is 1. The van der Waals surface area contributed by atoms with Gasteiger partial charge in [-0.05, 0) is 41.1 Å². The maximum absolute atomic E-state index is 11.1. The molecule has 1 N–H and O–H groups in total. The van der Waals surface area contributed by atoms with Gasteiger partial charge in [-0.25, -0.2) is 4.79 Å². The van der Waals surface area contributed by atoms with Crippen LogP contribution < -0.4 is 4.74 Å². The summed E-state index contributed by atoms with van der Waals surface area (Å²) in [6.07, 6.45) is 1.09. The minimum Gasteiger partial charge on any atom is -0.496 e. The Balaban J connectivity index is 1.75. The molecule has 2 aromatic rings. The number of carboxylic acid groups (broad SMARTS) is 1. The summed E-state index contributed by atoms with van der Waals surface area (Å²) in [6.45, 7) is 2.81. The third kappa shape index (κ3) is 2.94. The van der Waals surface area contributed by atoms with Crippen LogP contribution in [0.4, 0.5) is 0 Å². The standard InChI is InChI=1S/C16H17NO3S/c1-20-14-8-11(2-3-13(14)16(18)19)9-17-6-4-15-12(10-17)5-7-21-15/h2-3,5,7-8H,4,6,9-10H2,1H3,(H,18,19). The van der Waals surface area contributed by atoms with E-state index >= 15 is 0 Å². The van der Waals surface area contributed by atoms with E-state index < -0.39 is 5.97 Å².